The molecular weight excluding hydrogens is 507 g/mol. The average molecular weight is 546 g/mol. The number of rotatable bonds is 7. The first-order chi connectivity index (χ1) is 14.4. The van der Waals surface area contributed by atoms with Gasteiger partial charge in [-0.05, 0) is 71.4 Å². The van der Waals surface area contributed by atoms with Crippen molar-refractivity contribution in [1.82, 2.24) is 15.1 Å². The first-order valence-electron chi connectivity index (χ1n) is 11.4. The van der Waals surface area contributed by atoms with E-state index in [2.05, 4.69) is 17.1 Å². The van der Waals surface area contributed by atoms with Crippen molar-refractivity contribution >= 4 is 36.0 Å². The third kappa shape index (κ3) is 8.54. The minimum Gasteiger partial charge on any atom is -0.469 e. The molecule has 2 fully saturated rings. The number of piperidine rings is 1. The number of carbonyl (C=O) groups is 1. The first kappa shape index (κ1) is 25.8. The number of furan rings is 1. The van der Waals surface area contributed by atoms with Crippen molar-refractivity contribution in [3.63, 3.8) is 0 Å². The minimum absolute atomic E-state index is 0. The summed E-state index contributed by atoms with van der Waals surface area (Å²) in [6.07, 6.45) is 6.67. The molecule has 0 aromatic carbocycles. The van der Waals surface area contributed by atoms with E-state index in [0.29, 0.717) is 12.5 Å². The fourth-order valence-electron chi connectivity index (χ4n) is 3.81. The lowest BCUT2D eigenvalue weighted by Gasteiger charge is -2.40. The van der Waals surface area contributed by atoms with Crippen LogP contribution in [0.4, 0.5) is 4.79 Å². The van der Waals surface area contributed by atoms with Crippen LogP contribution in [0.2, 0.25) is 0 Å². The Morgan fingerprint density at radius 3 is 2.55 bits per heavy atom. The Morgan fingerprint density at radius 2 is 2.00 bits per heavy atom. The number of hydrogen-bond acceptors (Lipinski definition) is 4. The zero-order valence-corrected chi connectivity index (χ0v) is 21.8. The number of hydrogen-bond donors (Lipinski definition) is 1. The molecule has 8 heteroatoms. The minimum atomic E-state index is -0.460. The Balaban J connectivity index is 0.00000341. The summed E-state index contributed by atoms with van der Waals surface area (Å²) >= 11 is 0. The van der Waals surface area contributed by atoms with Crippen LogP contribution < -0.4 is 5.32 Å². The average Bonchev–Trinajstić information content (AvgIpc) is 3.37. The number of likely N-dealkylation sites (tertiary alicyclic amines) is 1. The first-order valence-corrected chi connectivity index (χ1v) is 11.4. The molecule has 2 aliphatic rings. The third-order valence-corrected chi connectivity index (χ3v) is 5.52. The van der Waals surface area contributed by atoms with Gasteiger partial charge in [0.15, 0.2) is 5.96 Å². The second kappa shape index (κ2) is 12.0. The molecule has 1 aromatic rings. The number of aliphatic imine (C=N–C) groups is 1. The maximum atomic E-state index is 12.8. The number of nitrogens with zero attached hydrogens (tertiary/aromatic N) is 3. The molecule has 1 saturated heterocycles. The van der Waals surface area contributed by atoms with Crippen molar-refractivity contribution in [2.75, 3.05) is 32.7 Å². The highest BCUT2D eigenvalue weighted by atomic mass is 127. The number of nitrogens with one attached hydrogen (secondary N) is 1. The number of guanidine groups is 1. The summed E-state index contributed by atoms with van der Waals surface area (Å²) in [7, 11) is 0. The quantitative estimate of drug-likeness (QED) is 0.310. The van der Waals surface area contributed by atoms with E-state index >= 15 is 0 Å². The Kier molecular flexibility index (Phi) is 9.96. The molecule has 31 heavy (non-hydrogen) atoms. The van der Waals surface area contributed by atoms with Gasteiger partial charge in [-0.15, -0.1) is 24.0 Å². The molecular formula is C23H39IN4O3. The maximum Gasteiger partial charge on any atom is 0.410 e. The summed E-state index contributed by atoms with van der Waals surface area (Å²) in [5.74, 6) is 2.56. The van der Waals surface area contributed by atoms with Crippen LogP contribution in [0.1, 0.15) is 59.1 Å². The molecule has 2 heterocycles. The van der Waals surface area contributed by atoms with Crippen molar-refractivity contribution in [3.8, 4) is 0 Å². The van der Waals surface area contributed by atoms with Gasteiger partial charge in [0.1, 0.15) is 11.4 Å². The highest BCUT2D eigenvalue weighted by Gasteiger charge is 2.35. The van der Waals surface area contributed by atoms with Crippen LogP contribution in [0, 0.1) is 5.92 Å². The van der Waals surface area contributed by atoms with E-state index in [1.54, 1.807) is 6.26 Å². The molecule has 0 unspecified atom stereocenters. The summed E-state index contributed by atoms with van der Waals surface area (Å²) in [6, 6.07) is 4.13. The SMILES string of the molecule is CCNC(=NCCc1ccco1)N1CCC(N(CC2CC2)C(=O)OC(C)(C)C)CC1.I. The van der Waals surface area contributed by atoms with Crippen LogP contribution in [0.3, 0.4) is 0 Å². The number of carbonyl (C=O) groups excluding carboxylic acids is 1. The second-order valence-electron chi connectivity index (χ2n) is 9.36. The normalized spacial score (nSPS) is 17.8. The van der Waals surface area contributed by atoms with Crippen molar-refractivity contribution in [1.29, 1.82) is 0 Å². The Hall–Kier alpha value is -1.45. The molecule has 1 aliphatic carbocycles. The molecule has 0 bridgehead atoms. The van der Waals surface area contributed by atoms with E-state index < -0.39 is 5.60 Å². The van der Waals surface area contributed by atoms with Crippen LogP contribution in [0.15, 0.2) is 27.8 Å². The van der Waals surface area contributed by atoms with Crippen molar-refractivity contribution in [2.24, 2.45) is 10.9 Å². The fourth-order valence-corrected chi connectivity index (χ4v) is 3.81. The monoisotopic (exact) mass is 546 g/mol. The van der Waals surface area contributed by atoms with Crippen LogP contribution >= 0.6 is 24.0 Å². The molecule has 3 rings (SSSR count). The number of halogens is 1. The van der Waals surface area contributed by atoms with Gasteiger partial charge in [0.25, 0.3) is 0 Å². The summed E-state index contributed by atoms with van der Waals surface area (Å²) in [5, 5.41) is 3.41. The van der Waals surface area contributed by atoms with Gasteiger partial charge < -0.3 is 24.3 Å². The zero-order valence-electron chi connectivity index (χ0n) is 19.4. The summed E-state index contributed by atoms with van der Waals surface area (Å²) < 4.78 is 11.1. The summed E-state index contributed by atoms with van der Waals surface area (Å²) in [5.41, 5.74) is -0.460. The van der Waals surface area contributed by atoms with E-state index in [0.717, 1.165) is 57.2 Å². The molecule has 1 aromatic heterocycles. The van der Waals surface area contributed by atoms with Gasteiger partial charge in [-0.3, -0.25) is 4.99 Å². The Bertz CT molecular complexity index is 690. The molecule has 0 radical (unpaired) electrons. The molecule has 0 spiro atoms. The predicted molar refractivity (Wildman–Crippen MR) is 134 cm³/mol. The van der Waals surface area contributed by atoms with Gasteiger partial charge >= 0.3 is 6.09 Å². The Labute approximate surface area is 204 Å². The van der Waals surface area contributed by atoms with E-state index in [9.17, 15) is 4.79 Å². The highest BCUT2D eigenvalue weighted by Crippen LogP contribution is 2.32. The third-order valence-electron chi connectivity index (χ3n) is 5.52. The van der Waals surface area contributed by atoms with Crippen LogP contribution in [-0.4, -0.2) is 66.2 Å². The van der Waals surface area contributed by atoms with E-state index in [4.69, 9.17) is 14.1 Å². The fraction of sp³-hybridized carbons (Fsp3) is 0.739. The molecule has 1 aliphatic heterocycles. The van der Waals surface area contributed by atoms with Gasteiger partial charge in [0.2, 0.25) is 0 Å². The van der Waals surface area contributed by atoms with Gasteiger partial charge in [0, 0.05) is 45.2 Å². The van der Waals surface area contributed by atoms with Crippen LogP contribution in [0.25, 0.3) is 0 Å². The predicted octanol–water partition coefficient (Wildman–Crippen LogP) is 4.52. The summed E-state index contributed by atoms with van der Waals surface area (Å²) in [6.45, 7) is 12.0. The van der Waals surface area contributed by atoms with E-state index in [-0.39, 0.29) is 36.1 Å². The topological polar surface area (TPSA) is 70.3 Å². The van der Waals surface area contributed by atoms with Gasteiger partial charge in [0.05, 0.1) is 6.26 Å². The van der Waals surface area contributed by atoms with Crippen molar-refractivity contribution in [3.05, 3.63) is 24.2 Å². The maximum absolute atomic E-state index is 12.8. The molecule has 1 N–H and O–H groups in total. The number of amides is 1. The lowest BCUT2D eigenvalue weighted by Crippen LogP contribution is -2.52. The van der Waals surface area contributed by atoms with Gasteiger partial charge in [-0.25, -0.2) is 4.79 Å². The van der Waals surface area contributed by atoms with Crippen molar-refractivity contribution in [2.45, 2.75) is 71.4 Å². The molecule has 7 nitrogen and oxygen atoms in total. The smallest absolute Gasteiger partial charge is 0.410 e. The lowest BCUT2D eigenvalue weighted by atomic mass is 10.0. The van der Waals surface area contributed by atoms with E-state index in [1.807, 2.05) is 37.8 Å². The lowest BCUT2D eigenvalue weighted by molar-refractivity contribution is 0.00928. The largest absolute Gasteiger partial charge is 0.469 e. The van der Waals surface area contributed by atoms with Gasteiger partial charge in [-0.1, -0.05) is 0 Å². The molecule has 176 valence electrons. The standard InChI is InChI=1S/C23H38N4O3.HI/c1-5-24-21(25-13-10-20-7-6-16-29-20)26-14-11-19(12-15-26)27(17-18-8-9-18)22(28)30-23(2,3)4;/h6-7,16,18-19H,5,8-15,17H2,1-4H3,(H,24,25);1H. The molecule has 1 amide bonds. The molecule has 1 saturated carbocycles. The van der Waals surface area contributed by atoms with E-state index in [1.165, 1.54) is 12.8 Å². The summed E-state index contributed by atoms with van der Waals surface area (Å²) in [4.78, 5) is 21.9. The van der Waals surface area contributed by atoms with Crippen LogP contribution in [-0.2, 0) is 11.2 Å². The second-order valence-corrected chi connectivity index (χ2v) is 9.36. The van der Waals surface area contributed by atoms with Crippen LogP contribution in [0.5, 0.6) is 0 Å². The highest BCUT2D eigenvalue weighted by molar-refractivity contribution is 14.0. The number of ether oxygens (including phenoxy) is 1. The zero-order chi connectivity index (χ0) is 21.6. The Morgan fingerprint density at radius 1 is 1.29 bits per heavy atom. The van der Waals surface area contributed by atoms with Gasteiger partial charge in [-0.2, -0.15) is 0 Å². The molecule has 0 atom stereocenters. The van der Waals surface area contributed by atoms with Crippen molar-refractivity contribution < 1.29 is 13.9 Å².